The molecule has 3 nitrogen and oxygen atoms in total. The Balaban J connectivity index is 0.00000196. The van der Waals surface area contributed by atoms with E-state index in [1.54, 1.807) is 24.3 Å². The molecule has 0 unspecified atom stereocenters. The van der Waals surface area contributed by atoms with Crippen LogP contribution in [-0.2, 0) is 17.4 Å². The molecule has 1 rings (SSSR count). The number of carbonyl (C=O) groups is 1. The molecule has 0 aromatic heterocycles. The Labute approximate surface area is 121 Å². The molecule has 0 heterocycles. The number of hydrogen-bond acceptors (Lipinski definition) is 4. The fourth-order valence-electron chi connectivity index (χ4n) is 0.990. The molecule has 0 atom stereocenters. The molecule has 1 N–H and O–H groups in total. The summed E-state index contributed by atoms with van der Waals surface area (Å²) in [7, 11) is 1.32. The fourth-order valence-corrected chi connectivity index (χ4v) is 1.21. The molecule has 0 fully saturated rings. The van der Waals surface area contributed by atoms with E-state index in [1.165, 1.54) is 7.11 Å². The molecule has 0 saturated carbocycles. The van der Waals surface area contributed by atoms with E-state index < -0.39 is 5.97 Å². The van der Waals surface area contributed by atoms with Crippen molar-refractivity contribution in [1.82, 2.24) is 0 Å². The average molecular weight is 249 g/mol. The summed E-state index contributed by atoms with van der Waals surface area (Å²) in [5.41, 5.74) is 0.988. The molecule has 0 aliphatic rings. The number of carbonyl (C=O) groups excluding carboxylic acids is 1. The van der Waals surface area contributed by atoms with Crippen molar-refractivity contribution >= 4 is 40.8 Å². The third-order valence-corrected chi connectivity index (χ3v) is 1.77. The smallest absolute Gasteiger partial charge is 0.465 e. The van der Waals surface area contributed by atoms with Crippen LogP contribution in [0, 0.1) is 0 Å². The van der Waals surface area contributed by atoms with Gasteiger partial charge < -0.3 is 34.9 Å². The van der Waals surface area contributed by atoms with Gasteiger partial charge in [-0.2, -0.15) is 0 Å². The molecule has 0 saturated heterocycles. The summed E-state index contributed by atoms with van der Waals surface area (Å²) in [6, 6.07) is 6.87. The largest absolute Gasteiger partial charge is 1.00 e. The van der Waals surface area contributed by atoms with Crippen LogP contribution in [0.3, 0.4) is 0 Å². The number of benzene rings is 1. The Morgan fingerprint density at radius 3 is 2.60 bits per heavy atom. The second-order valence-corrected chi connectivity index (χ2v) is 3.52. The number of rotatable bonds is 2. The number of hydrogen-bond donors (Lipinski definition) is 1. The quantitative estimate of drug-likeness (QED) is 0.306. The minimum Gasteiger partial charge on any atom is -0.465 e. The van der Waals surface area contributed by atoms with Gasteiger partial charge in [0, 0.05) is 0 Å². The predicted molar refractivity (Wildman–Crippen MR) is 61.4 cm³/mol. The molecule has 1 aromatic carbocycles. The third-order valence-electron chi connectivity index (χ3n) is 1.57. The van der Waals surface area contributed by atoms with E-state index >= 15 is 0 Å². The Morgan fingerprint density at radius 1 is 1.47 bits per heavy atom. The summed E-state index contributed by atoms with van der Waals surface area (Å²) in [6.07, 6.45) is 0. The molecular formula is C9H8NNaO2S2. The minimum atomic E-state index is -0.417. The van der Waals surface area contributed by atoms with E-state index in [0.29, 0.717) is 11.3 Å². The van der Waals surface area contributed by atoms with Gasteiger partial charge in [-0.05, 0) is 12.1 Å². The van der Waals surface area contributed by atoms with Gasteiger partial charge >= 0.3 is 35.5 Å². The van der Waals surface area contributed by atoms with Crippen molar-refractivity contribution in [3.05, 3.63) is 29.8 Å². The van der Waals surface area contributed by atoms with Gasteiger partial charge in [0.2, 0.25) is 0 Å². The van der Waals surface area contributed by atoms with Gasteiger partial charge in [0.25, 0.3) is 0 Å². The molecule has 0 amide bonds. The first-order valence-electron chi connectivity index (χ1n) is 3.80. The summed E-state index contributed by atoms with van der Waals surface area (Å²) in [5, 5.41) is 2.73. The normalized spacial score (nSPS) is 8.60. The first-order chi connectivity index (χ1) is 6.65. The Kier molecular flexibility index (Phi) is 7.04. The molecular weight excluding hydrogens is 241 g/mol. The van der Waals surface area contributed by atoms with Crippen LogP contribution in [-0.4, -0.2) is 17.4 Å². The molecule has 0 spiro atoms. The molecule has 0 radical (unpaired) electrons. The van der Waals surface area contributed by atoms with E-state index in [-0.39, 0.29) is 33.9 Å². The monoisotopic (exact) mass is 249 g/mol. The second kappa shape index (κ2) is 7.14. The van der Waals surface area contributed by atoms with Gasteiger partial charge in [-0.15, -0.1) is 0 Å². The molecule has 6 heteroatoms. The Hall–Kier alpha value is -0.200. The van der Waals surface area contributed by atoms with E-state index in [1.807, 2.05) is 0 Å². The predicted octanol–water partition coefficient (Wildman–Crippen LogP) is -1.28. The van der Waals surface area contributed by atoms with Crippen molar-refractivity contribution in [2.45, 2.75) is 0 Å². The van der Waals surface area contributed by atoms with Crippen LogP contribution in [0.5, 0.6) is 0 Å². The summed E-state index contributed by atoms with van der Waals surface area (Å²) >= 11 is 9.42. The van der Waals surface area contributed by atoms with E-state index in [4.69, 9.17) is 24.8 Å². The number of ether oxygens (including phenoxy) is 1. The van der Waals surface area contributed by atoms with E-state index in [9.17, 15) is 4.79 Å². The molecule has 1 aromatic rings. The fraction of sp³-hybridized carbons (Fsp3) is 0.111. The first kappa shape index (κ1) is 14.8. The van der Waals surface area contributed by atoms with Crippen molar-refractivity contribution in [2.24, 2.45) is 0 Å². The number of thiocarbonyl (C=S) groups is 1. The van der Waals surface area contributed by atoms with E-state index in [2.05, 4.69) is 10.1 Å². The Morgan fingerprint density at radius 2 is 2.07 bits per heavy atom. The van der Waals surface area contributed by atoms with Gasteiger partial charge in [0.1, 0.15) is 0 Å². The van der Waals surface area contributed by atoms with Gasteiger partial charge in [-0.25, -0.2) is 4.79 Å². The van der Waals surface area contributed by atoms with Crippen LogP contribution in [0.2, 0.25) is 0 Å². The number of anilines is 1. The maximum atomic E-state index is 11.3. The Bertz CT molecular complexity index is 371. The maximum absolute atomic E-state index is 11.3. The van der Waals surface area contributed by atoms with Crippen LogP contribution >= 0.6 is 12.2 Å². The van der Waals surface area contributed by atoms with Crippen molar-refractivity contribution < 1.29 is 39.1 Å². The molecule has 74 valence electrons. The zero-order valence-corrected chi connectivity index (χ0v) is 12.1. The molecule has 0 aliphatic heterocycles. The van der Waals surface area contributed by atoms with Crippen molar-refractivity contribution in [1.29, 1.82) is 0 Å². The van der Waals surface area contributed by atoms with Crippen LogP contribution in [0.15, 0.2) is 24.3 Å². The van der Waals surface area contributed by atoms with Crippen LogP contribution in [0.25, 0.3) is 0 Å². The molecule has 0 aliphatic carbocycles. The van der Waals surface area contributed by atoms with Crippen LogP contribution in [0.4, 0.5) is 5.69 Å². The molecule has 15 heavy (non-hydrogen) atoms. The summed E-state index contributed by atoms with van der Waals surface area (Å²) in [4.78, 5) is 11.3. The van der Waals surface area contributed by atoms with Gasteiger partial charge in [0.05, 0.1) is 18.4 Å². The van der Waals surface area contributed by atoms with Crippen LogP contribution < -0.4 is 34.9 Å². The van der Waals surface area contributed by atoms with Gasteiger partial charge in [0.15, 0.2) is 0 Å². The van der Waals surface area contributed by atoms with Crippen molar-refractivity contribution in [2.75, 3.05) is 12.4 Å². The minimum absolute atomic E-state index is 0. The topological polar surface area (TPSA) is 38.3 Å². The van der Waals surface area contributed by atoms with Crippen LogP contribution in [0.1, 0.15) is 10.4 Å². The summed E-state index contributed by atoms with van der Waals surface area (Å²) in [6.45, 7) is 0. The van der Waals surface area contributed by atoms with Crippen molar-refractivity contribution in [3.63, 3.8) is 0 Å². The number of para-hydroxylation sites is 1. The SMILES string of the molecule is COC(=O)c1ccccc1NC(=S)[S-].[Na+]. The zero-order chi connectivity index (χ0) is 10.6. The number of esters is 1. The van der Waals surface area contributed by atoms with Gasteiger partial charge in [-0.1, -0.05) is 16.5 Å². The number of nitrogens with one attached hydrogen (secondary N) is 1. The van der Waals surface area contributed by atoms with E-state index in [0.717, 1.165) is 0 Å². The standard InChI is InChI=1S/C9H9NO2S2.Na/c1-12-8(11)6-4-2-3-5-7(6)10-9(13)14;/h2-5H,1H3,(H2,10,13,14);/q;+1/p-1. The maximum Gasteiger partial charge on any atom is 1.00 e. The summed E-state index contributed by atoms with van der Waals surface area (Å²) < 4.78 is 4.80. The van der Waals surface area contributed by atoms with Crippen molar-refractivity contribution in [3.8, 4) is 0 Å². The average Bonchev–Trinajstić information content (AvgIpc) is 2.16. The summed E-state index contributed by atoms with van der Waals surface area (Å²) in [5.74, 6) is -0.417. The molecule has 0 bridgehead atoms. The third kappa shape index (κ3) is 4.44. The zero-order valence-electron chi connectivity index (χ0n) is 8.44. The first-order valence-corrected chi connectivity index (χ1v) is 4.62. The second-order valence-electron chi connectivity index (χ2n) is 2.45. The van der Waals surface area contributed by atoms with Gasteiger partial charge in [-0.3, -0.25) is 0 Å². The number of methoxy groups -OCH3 is 1.